The molecule has 0 bridgehead atoms. The molecule has 4 rings (SSSR count). The lowest BCUT2D eigenvalue weighted by molar-refractivity contribution is 0.161. The molecule has 2 aromatic rings. The molecule has 0 spiro atoms. The largest absolute Gasteiger partial charge is 0.491 e. The van der Waals surface area contributed by atoms with Crippen molar-refractivity contribution < 1.29 is 4.74 Å². The van der Waals surface area contributed by atoms with Crippen molar-refractivity contribution in [1.82, 2.24) is 9.88 Å². The first-order valence-electron chi connectivity index (χ1n) is 8.53. The number of nitrogens with zero attached hydrogens (tertiary/aromatic N) is 2. The van der Waals surface area contributed by atoms with E-state index < -0.39 is 0 Å². The molecule has 128 valence electrons. The van der Waals surface area contributed by atoms with Crippen LogP contribution in [0.2, 0.25) is 0 Å². The molecule has 1 aromatic carbocycles. The van der Waals surface area contributed by atoms with Gasteiger partial charge >= 0.3 is 0 Å². The Labute approximate surface area is 146 Å². The van der Waals surface area contributed by atoms with Gasteiger partial charge in [0, 0.05) is 16.3 Å². The number of aromatic amines is 1. The fourth-order valence-corrected chi connectivity index (χ4v) is 3.77. The van der Waals surface area contributed by atoms with Crippen molar-refractivity contribution in [3.63, 3.8) is 0 Å². The number of fused-ring (bicyclic) bond motifs is 3. The van der Waals surface area contributed by atoms with Crippen LogP contribution in [0.4, 0.5) is 5.69 Å². The molecule has 2 aliphatic heterocycles. The van der Waals surface area contributed by atoms with Gasteiger partial charge in [-0.25, -0.2) is 0 Å². The number of aromatic nitrogens is 1. The number of likely N-dealkylation sites (tertiary alicyclic amines) is 1. The van der Waals surface area contributed by atoms with Crippen molar-refractivity contribution in [2.75, 3.05) is 39.0 Å². The number of ether oxygens (including phenoxy) is 1. The quantitative estimate of drug-likeness (QED) is 0.653. The van der Waals surface area contributed by atoms with E-state index in [0.717, 1.165) is 52.7 Å². The molecule has 1 atom stereocenters. The van der Waals surface area contributed by atoms with Crippen LogP contribution in [0.15, 0.2) is 17.1 Å². The third kappa shape index (κ3) is 2.87. The number of H-pyrrole nitrogens is 1. The summed E-state index contributed by atoms with van der Waals surface area (Å²) in [6.07, 6.45) is 4.40. The smallest absolute Gasteiger partial charge is 0.143 e. The van der Waals surface area contributed by atoms with E-state index in [9.17, 15) is 0 Å². The first kappa shape index (κ1) is 15.8. The van der Waals surface area contributed by atoms with Crippen LogP contribution in [0.1, 0.15) is 12.8 Å². The first-order valence-corrected chi connectivity index (χ1v) is 8.97. The molecule has 1 saturated heterocycles. The zero-order valence-corrected chi connectivity index (χ0v) is 14.6. The monoisotopic (exact) mass is 346 g/mol. The van der Waals surface area contributed by atoms with Gasteiger partial charge in [0.05, 0.1) is 24.0 Å². The van der Waals surface area contributed by atoms with Crippen LogP contribution >= 0.6 is 11.6 Å². The highest BCUT2D eigenvalue weighted by molar-refractivity contribution is 6.24. The molecule has 1 unspecified atom stereocenters. The number of hydrogen-bond donors (Lipinski definition) is 2. The normalized spacial score (nSPS) is 22.0. The summed E-state index contributed by atoms with van der Waals surface area (Å²) >= 11 is 6.23. The Morgan fingerprint density at radius 3 is 2.96 bits per heavy atom. The van der Waals surface area contributed by atoms with Crippen LogP contribution in [-0.4, -0.2) is 48.5 Å². The Kier molecular flexibility index (Phi) is 4.14. The van der Waals surface area contributed by atoms with Crippen LogP contribution in [0.3, 0.4) is 0 Å². The average Bonchev–Trinajstić information content (AvgIpc) is 2.95. The van der Waals surface area contributed by atoms with Crippen LogP contribution in [-0.2, 0) is 0 Å². The summed E-state index contributed by atoms with van der Waals surface area (Å²) in [5.41, 5.74) is 8.72. The van der Waals surface area contributed by atoms with Crippen LogP contribution in [0.25, 0.3) is 17.0 Å². The highest BCUT2D eigenvalue weighted by Gasteiger charge is 2.19. The van der Waals surface area contributed by atoms with Gasteiger partial charge in [-0.1, -0.05) is 6.08 Å². The minimum atomic E-state index is -0.0836. The summed E-state index contributed by atoms with van der Waals surface area (Å²) in [5.74, 6) is 1.46. The van der Waals surface area contributed by atoms with Gasteiger partial charge in [-0.3, -0.25) is 4.99 Å². The summed E-state index contributed by atoms with van der Waals surface area (Å²) < 4.78 is 6.16. The predicted octanol–water partition coefficient (Wildman–Crippen LogP) is 1.49. The van der Waals surface area contributed by atoms with Crippen molar-refractivity contribution in [2.45, 2.75) is 18.2 Å². The van der Waals surface area contributed by atoms with Crippen molar-refractivity contribution in [3.05, 3.63) is 22.8 Å². The Hall–Kier alpha value is -1.72. The van der Waals surface area contributed by atoms with E-state index >= 15 is 0 Å². The highest BCUT2D eigenvalue weighted by Crippen LogP contribution is 2.27. The molecule has 2 aliphatic rings. The van der Waals surface area contributed by atoms with Gasteiger partial charge < -0.3 is 20.4 Å². The standard InChI is InChI=1S/C18H23ClN4O/c1-23-6-4-11(5-7-23)10-24-15-3-2-14(20)16-13-8-12(19)9-21-18(13)22-17(15)16/h2-3,8,11-12H,4-7,9-10,20H2,1H3,(H,21,22). The van der Waals surface area contributed by atoms with Crippen molar-refractivity contribution >= 4 is 34.3 Å². The summed E-state index contributed by atoms with van der Waals surface area (Å²) in [7, 11) is 2.17. The topological polar surface area (TPSA) is 66.6 Å². The van der Waals surface area contributed by atoms with Crippen LogP contribution < -0.4 is 21.2 Å². The van der Waals surface area contributed by atoms with Crippen LogP contribution in [0.5, 0.6) is 5.75 Å². The second kappa shape index (κ2) is 6.30. The second-order valence-corrected chi connectivity index (χ2v) is 7.43. The zero-order valence-electron chi connectivity index (χ0n) is 13.9. The number of hydrogen-bond acceptors (Lipinski definition) is 4. The van der Waals surface area contributed by atoms with E-state index in [1.165, 1.54) is 12.8 Å². The Morgan fingerprint density at radius 2 is 2.17 bits per heavy atom. The van der Waals surface area contributed by atoms with Gasteiger partial charge in [0.1, 0.15) is 11.2 Å². The van der Waals surface area contributed by atoms with E-state index in [4.69, 9.17) is 22.1 Å². The van der Waals surface area contributed by atoms with E-state index in [1.807, 2.05) is 18.2 Å². The number of piperidine rings is 1. The Morgan fingerprint density at radius 1 is 1.38 bits per heavy atom. The lowest BCUT2D eigenvalue weighted by Gasteiger charge is -2.28. The molecule has 3 N–H and O–H groups in total. The minimum absolute atomic E-state index is 0.0836. The third-order valence-electron chi connectivity index (χ3n) is 5.05. The first-order chi connectivity index (χ1) is 11.6. The number of benzene rings is 1. The number of nitrogens with two attached hydrogens (primary N) is 1. The number of alkyl halides is 1. The lowest BCUT2D eigenvalue weighted by Crippen LogP contribution is -2.32. The fraction of sp³-hybridized carbons (Fsp3) is 0.500. The van der Waals surface area contributed by atoms with Crippen molar-refractivity contribution in [1.29, 1.82) is 0 Å². The molecule has 6 heteroatoms. The van der Waals surface area contributed by atoms with Crippen LogP contribution in [0, 0.1) is 5.92 Å². The molecule has 3 heterocycles. The van der Waals surface area contributed by atoms with Crippen molar-refractivity contribution in [2.24, 2.45) is 10.9 Å². The van der Waals surface area contributed by atoms with Gasteiger partial charge in [0.2, 0.25) is 0 Å². The van der Waals surface area contributed by atoms with Gasteiger partial charge in [-0.15, -0.1) is 11.6 Å². The summed E-state index contributed by atoms with van der Waals surface area (Å²) in [4.78, 5) is 10.3. The van der Waals surface area contributed by atoms with E-state index in [2.05, 4.69) is 21.9 Å². The maximum Gasteiger partial charge on any atom is 0.143 e. The zero-order chi connectivity index (χ0) is 16.7. The molecular formula is C18H23ClN4O. The molecule has 0 saturated carbocycles. The summed E-state index contributed by atoms with van der Waals surface area (Å²) in [6.45, 7) is 3.63. The SMILES string of the molecule is CN1CCC(COc2ccc(N)c3c4c([nH]c23)=NCC(Cl)C=4)CC1. The van der Waals surface area contributed by atoms with E-state index in [-0.39, 0.29) is 5.38 Å². The molecule has 5 nitrogen and oxygen atoms in total. The number of nitrogens with one attached hydrogen (secondary N) is 1. The molecule has 0 radical (unpaired) electrons. The Balaban J connectivity index is 1.65. The second-order valence-electron chi connectivity index (χ2n) is 6.87. The Bertz CT molecular complexity index is 867. The van der Waals surface area contributed by atoms with Gasteiger partial charge in [0.15, 0.2) is 0 Å². The highest BCUT2D eigenvalue weighted by atomic mass is 35.5. The molecule has 0 amide bonds. The van der Waals surface area contributed by atoms with Crippen molar-refractivity contribution in [3.8, 4) is 5.75 Å². The average molecular weight is 347 g/mol. The molecule has 24 heavy (non-hydrogen) atoms. The summed E-state index contributed by atoms with van der Waals surface area (Å²) in [5, 5.41) is 1.89. The minimum Gasteiger partial charge on any atom is -0.491 e. The maximum absolute atomic E-state index is 6.23. The number of anilines is 1. The molecule has 1 fully saturated rings. The molecule has 1 aromatic heterocycles. The maximum atomic E-state index is 6.23. The van der Waals surface area contributed by atoms with Gasteiger partial charge in [-0.2, -0.15) is 0 Å². The third-order valence-corrected chi connectivity index (χ3v) is 5.32. The summed E-state index contributed by atoms with van der Waals surface area (Å²) in [6, 6.07) is 3.86. The number of nitrogen functional groups attached to an aromatic ring is 1. The fourth-order valence-electron chi connectivity index (χ4n) is 3.57. The van der Waals surface area contributed by atoms with Gasteiger partial charge in [0.25, 0.3) is 0 Å². The predicted molar refractivity (Wildman–Crippen MR) is 98.2 cm³/mol. The number of halogens is 1. The molecular weight excluding hydrogens is 324 g/mol. The van der Waals surface area contributed by atoms with E-state index in [0.29, 0.717) is 12.5 Å². The van der Waals surface area contributed by atoms with E-state index in [1.54, 1.807) is 0 Å². The van der Waals surface area contributed by atoms with Gasteiger partial charge in [-0.05, 0) is 51.0 Å². The number of rotatable bonds is 3. The lowest BCUT2D eigenvalue weighted by atomic mass is 9.98. The molecule has 0 aliphatic carbocycles.